The van der Waals surface area contributed by atoms with Crippen molar-refractivity contribution in [3.63, 3.8) is 0 Å². The topological polar surface area (TPSA) is 35.5 Å². The third-order valence-electron chi connectivity index (χ3n) is 1.40. The van der Waals surface area contributed by atoms with E-state index in [1.807, 2.05) is 0 Å². The van der Waals surface area contributed by atoms with Gasteiger partial charge in [-0.15, -0.1) is 0 Å². The Balaban J connectivity index is 2.84. The van der Waals surface area contributed by atoms with Crippen molar-refractivity contribution in [1.29, 1.82) is 0 Å². The van der Waals surface area contributed by atoms with Crippen LogP contribution in [0.2, 0.25) is 0 Å². The Morgan fingerprint density at radius 2 is 1.92 bits per heavy atom. The molecule has 0 N–H and O–H groups in total. The average Bonchev–Trinajstić information content (AvgIpc) is 2.17. The van der Waals surface area contributed by atoms with Gasteiger partial charge in [-0.25, -0.2) is 9.74 Å². The minimum Gasteiger partial charge on any atom is -0.497 e. The van der Waals surface area contributed by atoms with E-state index in [0.717, 1.165) is 0 Å². The van der Waals surface area contributed by atoms with E-state index in [9.17, 15) is 9.32 Å². The summed E-state index contributed by atoms with van der Waals surface area (Å²) in [5.41, 5.74) is 0.151. The van der Waals surface area contributed by atoms with Crippen molar-refractivity contribution in [3.05, 3.63) is 29.8 Å². The molecule has 0 heterocycles. The lowest BCUT2D eigenvalue weighted by Crippen LogP contribution is -1.97. The van der Waals surface area contributed by atoms with Crippen LogP contribution >= 0.6 is 0 Å². The number of methoxy groups -OCH3 is 1. The molecule has 0 saturated heterocycles. The van der Waals surface area contributed by atoms with Crippen LogP contribution in [0.15, 0.2) is 24.3 Å². The van der Waals surface area contributed by atoms with Gasteiger partial charge in [-0.1, -0.05) is 0 Å². The van der Waals surface area contributed by atoms with Crippen molar-refractivity contribution in [2.75, 3.05) is 7.11 Å². The van der Waals surface area contributed by atoms with E-state index in [-0.39, 0.29) is 5.56 Å². The van der Waals surface area contributed by atoms with Gasteiger partial charge in [-0.3, -0.25) is 0 Å². The summed E-state index contributed by atoms with van der Waals surface area (Å²) in [6, 6.07) is 5.93. The number of carbonyl (C=O) groups is 1. The van der Waals surface area contributed by atoms with Gasteiger partial charge in [0, 0.05) is 4.53 Å². The Hall–Kier alpha value is -1.58. The first kappa shape index (κ1) is 8.52. The first-order chi connectivity index (χ1) is 5.77. The molecule has 0 aliphatic rings. The molecule has 0 radical (unpaired) electrons. The number of hydrogen-bond acceptors (Lipinski definition) is 3. The molecule has 0 spiro atoms. The second-order valence-electron chi connectivity index (χ2n) is 2.09. The first-order valence-electron chi connectivity index (χ1n) is 3.25. The maximum absolute atomic E-state index is 11.4. The summed E-state index contributed by atoms with van der Waals surface area (Å²) in [5, 5.41) is 0. The fourth-order valence-corrected chi connectivity index (χ4v) is 0.772. The number of ether oxygens (including phenoxy) is 1. The zero-order valence-corrected chi connectivity index (χ0v) is 6.41. The fourth-order valence-electron chi connectivity index (χ4n) is 0.772. The highest BCUT2D eigenvalue weighted by molar-refractivity contribution is 5.88. The number of hydrogen-bond donors (Lipinski definition) is 0. The van der Waals surface area contributed by atoms with Crippen molar-refractivity contribution >= 4 is 5.97 Å². The second kappa shape index (κ2) is 3.71. The van der Waals surface area contributed by atoms with Crippen molar-refractivity contribution in [2.24, 2.45) is 0 Å². The first-order valence-corrected chi connectivity index (χ1v) is 3.25. The van der Waals surface area contributed by atoms with Gasteiger partial charge in [0.1, 0.15) is 5.75 Å². The van der Waals surface area contributed by atoms with Crippen molar-refractivity contribution in [2.45, 2.75) is 0 Å². The Bertz CT molecular complexity index is 268. The van der Waals surface area contributed by atoms with Crippen LogP contribution in [0.4, 0.5) is 4.53 Å². The molecule has 12 heavy (non-hydrogen) atoms. The number of halogens is 1. The molecule has 0 unspecified atom stereocenters. The quantitative estimate of drug-likeness (QED) is 0.678. The number of carbonyl (C=O) groups excluding carboxylic acids is 1. The highest BCUT2D eigenvalue weighted by atomic mass is 19.3. The summed E-state index contributed by atoms with van der Waals surface area (Å²) < 4.78 is 16.2. The maximum atomic E-state index is 11.4. The van der Waals surface area contributed by atoms with E-state index in [0.29, 0.717) is 5.75 Å². The van der Waals surface area contributed by atoms with Gasteiger partial charge >= 0.3 is 5.97 Å². The van der Waals surface area contributed by atoms with E-state index >= 15 is 0 Å². The lowest BCUT2D eigenvalue weighted by atomic mass is 10.2. The smallest absolute Gasteiger partial charge is 0.379 e. The molecule has 1 aromatic rings. The highest BCUT2D eigenvalue weighted by Gasteiger charge is 2.06. The Morgan fingerprint density at radius 1 is 1.33 bits per heavy atom. The van der Waals surface area contributed by atoms with Crippen LogP contribution < -0.4 is 4.74 Å². The molecular weight excluding hydrogens is 163 g/mol. The van der Waals surface area contributed by atoms with Crippen LogP contribution in [0.25, 0.3) is 0 Å². The van der Waals surface area contributed by atoms with Gasteiger partial charge in [0.05, 0.1) is 12.7 Å². The SMILES string of the molecule is COc1ccc(C(=O)OF)cc1. The number of benzene rings is 1. The summed E-state index contributed by atoms with van der Waals surface area (Å²) in [4.78, 5) is 13.6. The molecule has 0 amide bonds. The number of rotatable bonds is 2. The normalized spacial score (nSPS) is 9.17. The van der Waals surface area contributed by atoms with Crippen molar-refractivity contribution in [3.8, 4) is 5.75 Å². The summed E-state index contributed by atoms with van der Waals surface area (Å²) in [6.45, 7) is 0. The van der Waals surface area contributed by atoms with Gasteiger partial charge in [-0.05, 0) is 24.3 Å². The van der Waals surface area contributed by atoms with E-state index in [2.05, 4.69) is 4.94 Å². The molecule has 0 atom stereocenters. The molecular formula is C8H7FO3. The molecule has 1 aromatic carbocycles. The summed E-state index contributed by atoms with van der Waals surface area (Å²) in [5.74, 6) is -0.400. The molecule has 3 nitrogen and oxygen atoms in total. The second-order valence-corrected chi connectivity index (χ2v) is 2.09. The molecule has 0 bridgehead atoms. The van der Waals surface area contributed by atoms with Gasteiger partial charge in [0.25, 0.3) is 0 Å². The molecule has 0 aliphatic carbocycles. The molecule has 0 fully saturated rings. The molecule has 0 saturated carbocycles. The summed E-state index contributed by atoms with van der Waals surface area (Å²) in [6.07, 6.45) is 0. The summed E-state index contributed by atoms with van der Waals surface area (Å²) in [7, 11) is 1.50. The molecule has 4 heteroatoms. The molecule has 64 valence electrons. The van der Waals surface area contributed by atoms with Gasteiger partial charge < -0.3 is 4.74 Å². The Kier molecular flexibility index (Phi) is 2.63. The van der Waals surface area contributed by atoms with Crippen LogP contribution in [0, 0.1) is 0 Å². The zero-order valence-electron chi connectivity index (χ0n) is 6.41. The largest absolute Gasteiger partial charge is 0.497 e. The third kappa shape index (κ3) is 1.72. The zero-order chi connectivity index (χ0) is 8.97. The van der Waals surface area contributed by atoms with E-state index in [1.165, 1.54) is 19.2 Å². The fraction of sp³-hybridized carbons (Fsp3) is 0.125. The van der Waals surface area contributed by atoms with Crippen LogP contribution in [0.5, 0.6) is 5.75 Å². The maximum Gasteiger partial charge on any atom is 0.379 e. The van der Waals surface area contributed by atoms with E-state index in [1.54, 1.807) is 12.1 Å². The minimum absolute atomic E-state index is 0.151. The van der Waals surface area contributed by atoms with Crippen LogP contribution in [-0.2, 0) is 4.94 Å². The lowest BCUT2D eigenvalue weighted by molar-refractivity contribution is -0.0788. The highest BCUT2D eigenvalue weighted by Crippen LogP contribution is 2.11. The monoisotopic (exact) mass is 170 g/mol. The molecule has 1 rings (SSSR count). The van der Waals surface area contributed by atoms with Crippen molar-refractivity contribution in [1.82, 2.24) is 0 Å². The van der Waals surface area contributed by atoms with Gasteiger partial charge in [-0.2, -0.15) is 0 Å². The third-order valence-corrected chi connectivity index (χ3v) is 1.40. The van der Waals surface area contributed by atoms with Crippen molar-refractivity contribution < 1.29 is 19.0 Å². The predicted octanol–water partition coefficient (Wildman–Crippen LogP) is 1.74. The molecule has 0 aromatic heterocycles. The van der Waals surface area contributed by atoms with E-state index in [4.69, 9.17) is 4.74 Å². The minimum atomic E-state index is -1.00. The average molecular weight is 170 g/mol. The van der Waals surface area contributed by atoms with Crippen LogP contribution in [-0.4, -0.2) is 13.1 Å². The van der Waals surface area contributed by atoms with Crippen LogP contribution in [0.1, 0.15) is 10.4 Å². The molecule has 0 aliphatic heterocycles. The van der Waals surface area contributed by atoms with Gasteiger partial charge in [0.15, 0.2) is 0 Å². The Labute approximate surface area is 68.6 Å². The standard InChI is InChI=1S/C8H7FO3/c1-11-7-4-2-6(3-5-7)8(10)12-9/h2-5H,1H3. The van der Waals surface area contributed by atoms with E-state index < -0.39 is 5.97 Å². The van der Waals surface area contributed by atoms with Crippen LogP contribution in [0.3, 0.4) is 0 Å². The lowest BCUT2D eigenvalue weighted by Gasteiger charge is -1.98. The summed E-state index contributed by atoms with van der Waals surface area (Å²) >= 11 is 0. The van der Waals surface area contributed by atoms with Gasteiger partial charge in [0.2, 0.25) is 0 Å². The predicted molar refractivity (Wildman–Crippen MR) is 39.5 cm³/mol. The Morgan fingerprint density at radius 3 is 2.33 bits per heavy atom.